The van der Waals surface area contributed by atoms with Crippen molar-refractivity contribution in [3.63, 3.8) is 0 Å². The van der Waals surface area contributed by atoms with E-state index < -0.39 is 11.0 Å². The van der Waals surface area contributed by atoms with Crippen LogP contribution in [0.4, 0.5) is 4.79 Å². The van der Waals surface area contributed by atoms with Crippen LogP contribution in [0.3, 0.4) is 0 Å². The number of rotatable bonds is 2. The highest BCUT2D eigenvalue weighted by molar-refractivity contribution is 6.33. The lowest BCUT2D eigenvalue weighted by atomic mass is 9.63. The molecule has 0 N–H and O–H groups in total. The summed E-state index contributed by atoms with van der Waals surface area (Å²) in [4.78, 5) is 41.8. The average Bonchev–Trinajstić information content (AvgIpc) is 2.95. The topological polar surface area (TPSA) is 63.7 Å². The maximum atomic E-state index is 13.8. The molecule has 2 aromatic carbocycles. The molecule has 0 spiro atoms. The minimum Gasteiger partial charge on any atom is -0.444 e. The number of nitrogens with zero attached hydrogens (tertiary/aromatic N) is 1. The number of benzene rings is 2. The summed E-state index contributed by atoms with van der Waals surface area (Å²) in [6, 6.07) is 14.9. The van der Waals surface area contributed by atoms with Gasteiger partial charge in [0.2, 0.25) is 0 Å². The van der Waals surface area contributed by atoms with Gasteiger partial charge in [0.15, 0.2) is 11.6 Å². The summed E-state index contributed by atoms with van der Waals surface area (Å²) in [6.07, 6.45) is 0.792. The Morgan fingerprint density at radius 1 is 0.968 bits per heavy atom. The second-order valence-electron chi connectivity index (χ2n) is 9.62. The lowest BCUT2D eigenvalue weighted by Crippen LogP contribution is -2.51. The smallest absolute Gasteiger partial charge is 0.410 e. The van der Waals surface area contributed by atoms with E-state index in [0.717, 1.165) is 11.1 Å². The molecular weight excluding hydrogens is 390 g/mol. The molecule has 0 unspecified atom stereocenters. The van der Waals surface area contributed by atoms with Gasteiger partial charge in [-0.1, -0.05) is 54.1 Å². The van der Waals surface area contributed by atoms with Crippen LogP contribution in [-0.4, -0.2) is 41.3 Å². The lowest BCUT2D eigenvalue weighted by molar-refractivity contribution is 0.0155. The Morgan fingerprint density at radius 3 is 2.06 bits per heavy atom. The average molecular weight is 420 g/mol. The van der Waals surface area contributed by atoms with Crippen LogP contribution in [0, 0.1) is 12.8 Å². The number of amides is 1. The third kappa shape index (κ3) is 3.56. The monoisotopic (exact) mass is 419 g/mol. The first-order valence-electron chi connectivity index (χ1n) is 10.9. The van der Waals surface area contributed by atoms with Gasteiger partial charge in [0, 0.05) is 24.2 Å². The Labute approximate surface area is 183 Å². The van der Waals surface area contributed by atoms with E-state index in [1.807, 2.05) is 52.0 Å². The number of piperidine rings is 1. The summed E-state index contributed by atoms with van der Waals surface area (Å²) >= 11 is 0. The summed E-state index contributed by atoms with van der Waals surface area (Å²) in [5.74, 6) is -0.413. The van der Waals surface area contributed by atoms with E-state index in [9.17, 15) is 14.4 Å². The van der Waals surface area contributed by atoms with Crippen molar-refractivity contribution in [2.45, 2.75) is 51.6 Å². The lowest BCUT2D eigenvalue weighted by Gasteiger charge is -2.41. The van der Waals surface area contributed by atoms with Gasteiger partial charge < -0.3 is 9.64 Å². The van der Waals surface area contributed by atoms with Crippen molar-refractivity contribution in [2.75, 3.05) is 13.1 Å². The Bertz CT molecular complexity index is 1010. The number of hydrogen-bond acceptors (Lipinski definition) is 4. The molecule has 1 heterocycles. The Hall–Kier alpha value is -2.95. The first-order valence-corrected chi connectivity index (χ1v) is 10.9. The number of aryl methyl sites for hydroxylation is 1. The second-order valence-corrected chi connectivity index (χ2v) is 9.62. The summed E-state index contributed by atoms with van der Waals surface area (Å²) < 4.78 is 5.51. The number of hydrogen-bond donors (Lipinski definition) is 0. The Balaban J connectivity index is 1.70. The predicted molar refractivity (Wildman–Crippen MR) is 118 cm³/mol. The van der Waals surface area contributed by atoms with Crippen molar-refractivity contribution < 1.29 is 19.1 Å². The fourth-order valence-corrected chi connectivity index (χ4v) is 4.99. The third-order valence-corrected chi connectivity index (χ3v) is 6.37. The highest BCUT2D eigenvalue weighted by atomic mass is 16.6. The molecular formula is C26H29NO4. The molecule has 1 aliphatic heterocycles. The molecule has 1 saturated heterocycles. The Kier molecular flexibility index (Phi) is 5.24. The third-order valence-electron chi connectivity index (χ3n) is 6.37. The normalized spacial score (nSPS) is 18.8. The van der Waals surface area contributed by atoms with Gasteiger partial charge in [-0.2, -0.15) is 0 Å². The molecule has 0 bridgehead atoms. The number of likely N-dealkylation sites (tertiary alicyclic amines) is 1. The van der Waals surface area contributed by atoms with E-state index in [-0.39, 0.29) is 23.6 Å². The first kappa shape index (κ1) is 21.3. The highest BCUT2D eigenvalue weighted by Gasteiger charge is 2.58. The van der Waals surface area contributed by atoms with E-state index in [0.29, 0.717) is 37.1 Å². The maximum absolute atomic E-state index is 13.8. The minimum absolute atomic E-state index is 0.116. The molecule has 1 amide bonds. The largest absolute Gasteiger partial charge is 0.444 e. The standard InChI is InChI=1S/C26H29NO4/c1-17-8-7-9-19(16-17)26(22(28)20-10-5-6-11-21(20)23(26)29)18-12-14-27(15-13-18)24(30)31-25(2,3)4/h5-11,16,18H,12-15H2,1-4H3. The van der Waals surface area contributed by atoms with Crippen molar-refractivity contribution in [3.8, 4) is 0 Å². The number of ether oxygens (including phenoxy) is 1. The van der Waals surface area contributed by atoms with Crippen LogP contribution < -0.4 is 0 Å². The van der Waals surface area contributed by atoms with E-state index >= 15 is 0 Å². The van der Waals surface area contributed by atoms with Gasteiger partial charge >= 0.3 is 6.09 Å². The minimum atomic E-state index is -1.23. The van der Waals surface area contributed by atoms with Gasteiger partial charge in [-0.15, -0.1) is 0 Å². The van der Waals surface area contributed by atoms with Crippen LogP contribution in [0.1, 0.15) is 65.5 Å². The summed E-state index contributed by atoms with van der Waals surface area (Å²) in [6.45, 7) is 8.43. The van der Waals surface area contributed by atoms with Crippen molar-refractivity contribution in [1.29, 1.82) is 0 Å². The van der Waals surface area contributed by atoms with E-state index in [4.69, 9.17) is 4.74 Å². The molecule has 5 heteroatoms. The zero-order valence-corrected chi connectivity index (χ0v) is 18.6. The number of carbonyl (C=O) groups excluding carboxylic acids is 3. The molecule has 0 radical (unpaired) electrons. The van der Waals surface area contributed by atoms with Gasteiger partial charge in [0.25, 0.3) is 0 Å². The Morgan fingerprint density at radius 2 is 1.55 bits per heavy atom. The highest BCUT2D eigenvalue weighted by Crippen LogP contribution is 2.48. The quantitative estimate of drug-likeness (QED) is 0.646. The van der Waals surface area contributed by atoms with E-state index in [1.165, 1.54) is 0 Å². The molecule has 2 aliphatic rings. The molecule has 0 atom stereocenters. The zero-order valence-electron chi connectivity index (χ0n) is 18.6. The molecule has 0 saturated carbocycles. The molecule has 2 aromatic rings. The van der Waals surface area contributed by atoms with Gasteiger partial charge in [-0.3, -0.25) is 9.59 Å². The zero-order chi connectivity index (χ0) is 22.4. The summed E-state index contributed by atoms with van der Waals surface area (Å²) in [5, 5.41) is 0. The molecule has 4 rings (SSSR count). The van der Waals surface area contributed by atoms with Crippen LogP contribution in [-0.2, 0) is 10.2 Å². The van der Waals surface area contributed by atoms with Gasteiger partial charge in [0.05, 0.1) is 0 Å². The van der Waals surface area contributed by atoms with Crippen LogP contribution >= 0.6 is 0 Å². The van der Waals surface area contributed by atoms with E-state index in [1.54, 1.807) is 29.2 Å². The van der Waals surface area contributed by atoms with Crippen molar-refractivity contribution in [3.05, 3.63) is 70.8 Å². The summed E-state index contributed by atoms with van der Waals surface area (Å²) in [7, 11) is 0. The van der Waals surface area contributed by atoms with Gasteiger partial charge in [-0.25, -0.2) is 4.79 Å². The van der Waals surface area contributed by atoms with Crippen LogP contribution in [0.5, 0.6) is 0 Å². The molecule has 31 heavy (non-hydrogen) atoms. The SMILES string of the molecule is Cc1cccc(C2(C3CCN(C(=O)OC(C)(C)C)CC3)C(=O)c3ccccc3C2=O)c1. The van der Waals surface area contributed by atoms with Crippen LogP contribution in [0.15, 0.2) is 48.5 Å². The van der Waals surface area contributed by atoms with Crippen molar-refractivity contribution in [1.82, 2.24) is 4.90 Å². The maximum Gasteiger partial charge on any atom is 0.410 e. The first-order chi connectivity index (χ1) is 14.6. The number of carbonyl (C=O) groups is 3. The van der Waals surface area contributed by atoms with Gasteiger partial charge in [0.1, 0.15) is 11.0 Å². The molecule has 5 nitrogen and oxygen atoms in total. The molecule has 1 aliphatic carbocycles. The van der Waals surface area contributed by atoms with Crippen molar-refractivity contribution in [2.24, 2.45) is 5.92 Å². The fourth-order valence-electron chi connectivity index (χ4n) is 4.99. The molecule has 0 aromatic heterocycles. The predicted octanol–water partition coefficient (Wildman–Crippen LogP) is 4.96. The molecule has 162 valence electrons. The second kappa shape index (κ2) is 7.63. The number of Topliss-reactive ketones (excluding diaryl/α,β-unsaturated/α-hetero) is 2. The van der Waals surface area contributed by atoms with Crippen molar-refractivity contribution >= 4 is 17.7 Å². The van der Waals surface area contributed by atoms with Crippen LogP contribution in [0.2, 0.25) is 0 Å². The van der Waals surface area contributed by atoms with Crippen LogP contribution in [0.25, 0.3) is 0 Å². The summed E-state index contributed by atoms with van der Waals surface area (Å²) in [5.41, 5.74) is 0.993. The number of ketones is 2. The fraction of sp³-hybridized carbons (Fsp3) is 0.423. The number of fused-ring (bicyclic) bond motifs is 1. The van der Waals surface area contributed by atoms with E-state index in [2.05, 4.69) is 0 Å². The van der Waals surface area contributed by atoms with Gasteiger partial charge in [-0.05, 0) is 52.0 Å². The molecule has 1 fully saturated rings.